The van der Waals surface area contributed by atoms with Crippen molar-refractivity contribution in [3.63, 3.8) is 0 Å². The lowest BCUT2D eigenvalue weighted by molar-refractivity contribution is -0.118. The summed E-state index contributed by atoms with van der Waals surface area (Å²) in [6.45, 7) is 5.52. The van der Waals surface area contributed by atoms with E-state index in [4.69, 9.17) is 32.7 Å². The molecule has 0 unspecified atom stereocenters. The second-order valence-corrected chi connectivity index (χ2v) is 6.29. The molecule has 0 atom stereocenters. The highest BCUT2D eigenvalue weighted by atomic mass is 35.5. The van der Waals surface area contributed by atoms with Crippen LogP contribution in [0.3, 0.4) is 0 Å². The van der Waals surface area contributed by atoms with Gasteiger partial charge in [0.2, 0.25) is 0 Å². The molecule has 0 heterocycles. The van der Waals surface area contributed by atoms with Crippen LogP contribution in [0.25, 0.3) is 0 Å². The number of ether oxygens (including phenoxy) is 2. The van der Waals surface area contributed by atoms with Crippen molar-refractivity contribution < 1.29 is 14.3 Å². The normalized spacial score (nSPS) is 10.4. The van der Waals surface area contributed by atoms with Gasteiger partial charge < -0.3 is 14.8 Å². The van der Waals surface area contributed by atoms with E-state index in [9.17, 15) is 4.79 Å². The van der Waals surface area contributed by atoms with Gasteiger partial charge in [-0.25, -0.2) is 0 Å². The zero-order valence-electron chi connectivity index (χ0n) is 14.0. The zero-order valence-corrected chi connectivity index (χ0v) is 15.5. The average Bonchev–Trinajstić information content (AvgIpc) is 2.53. The lowest BCUT2D eigenvalue weighted by atomic mass is 10.1. The first-order chi connectivity index (χ1) is 11.3. The van der Waals surface area contributed by atoms with Crippen molar-refractivity contribution in [3.8, 4) is 11.5 Å². The van der Waals surface area contributed by atoms with Gasteiger partial charge in [-0.1, -0.05) is 23.2 Å². The van der Waals surface area contributed by atoms with Crippen LogP contribution in [0, 0.1) is 20.8 Å². The van der Waals surface area contributed by atoms with Crippen LogP contribution < -0.4 is 14.8 Å². The number of methoxy groups -OCH3 is 1. The van der Waals surface area contributed by atoms with Gasteiger partial charge in [-0.15, -0.1) is 0 Å². The summed E-state index contributed by atoms with van der Waals surface area (Å²) in [7, 11) is 1.52. The second-order valence-electron chi connectivity index (χ2n) is 5.51. The third-order valence-corrected chi connectivity index (χ3v) is 4.54. The summed E-state index contributed by atoms with van der Waals surface area (Å²) >= 11 is 12.2. The van der Waals surface area contributed by atoms with Gasteiger partial charge in [0.05, 0.1) is 12.8 Å². The molecule has 2 aromatic rings. The van der Waals surface area contributed by atoms with Crippen molar-refractivity contribution >= 4 is 34.8 Å². The number of anilines is 1. The lowest BCUT2D eigenvalue weighted by Crippen LogP contribution is -2.20. The lowest BCUT2D eigenvalue weighted by Gasteiger charge is -2.13. The van der Waals surface area contributed by atoms with E-state index in [1.807, 2.05) is 20.8 Å². The van der Waals surface area contributed by atoms with Gasteiger partial charge in [0.1, 0.15) is 11.5 Å². The Morgan fingerprint density at radius 1 is 1.04 bits per heavy atom. The molecule has 0 aliphatic heterocycles. The van der Waals surface area contributed by atoms with Crippen molar-refractivity contribution in [3.05, 3.63) is 51.0 Å². The molecule has 0 fully saturated rings. The van der Waals surface area contributed by atoms with Crippen molar-refractivity contribution in [2.45, 2.75) is 20.8 Å². The molecule has 0 aromatic heterocycles. The minimum absolute atomic E-state index is 0.120. The first-order valence-corrected chi connectivity index (χ1v) is 8.11. The Balaban J connectivity index is 2.05. The fourth-order valence-electron chi connectivity index (χ4n) is 2.25. The summed E-state index contributed by atoms with van der Waals surface area (Å²) in [6, 6.07) is 7.03. The van der Waals surface area contributed by atoms with E-state index in [1.165, 1.54) is 7.11 Å². The predicted molar refractivity (Wildman–Crippen MR) is 97.8 cm³/mol. The maximum atomic E-state index is 12.1. The molecular formula is C18H19Cl2NO3. The van der Waals surface area contributed by atoms with Crippen LogP contribution in [0.2, 0.25) is 10.0 Å². The molecular weight excluding hydrogens is 349 g/mol. The zero-order chi connectivity index (χ0) is 17.9. The average molecular weight is 368 g/mol. The molecule has 0 aliphatic rings. The van der Waals surface area contributed by atoms with E-state index >= 15 is 0 Å². The Bertz CT molecular complexity index is 752. The van der Waals surface area contributed by atoms with Crippen molar-refractivity contribution in [2.75, 3.05) is 19.0 Å². The van der Waals surface area contributed by atoms with Crippen molar-refractivity contribution in [1.29, 1.82) is 0 Å². The molecule has 4 nitrogen and oxygen atoms in total. The van der Waals surface area contributed by atoms with E-state index in [-0.39, 0.29) is 12.5 Å². The van der Waals surface area contributed by atoms with Crippen LogP contribution in [0.1, 0.15) is 16.7 Å². The smallest absolute Gasteiger partial charge is 0.262 e. The first kappa shape index (κ1) is 18.4. The molecule has 6 heteroatoms. The Labute approximate surface area is 151 Å². The van der Waals surface area contributed by atoms with Crippen LogP contribution in [0.15, 0.2) is 24.3 Å². The number of benzene rings is 2. The SMILES string of the molecule is COc1cc(Cl)c(C)cc1NC(=O)COc1cc(C)c(Cl)c(C)c1. The Morgan fingerprint density at radius 2 is 1.67 bits per heavy atom. The molecule has 1 amide bonds. The molecule has 0 radical (unpaired) electrons. The van der Waals surface area contributed by atoms with Gasteiger partial charge >= 0.3 is 0 Å². The van der Waals surface area contributed by atoms with Crippen molar-refractivity contribution in [2.24, 2.45) is 0 Å². The van der Waals surface area contributed by atoms with E-state index in [0.29, 0.717) is 27.2 Å². The van der Waals surface area contributed by atoms with E-state index < -0.39 is 0 Å². The molecule has 128 valence electrons. The third kappa shape index (κ3) is 4.34. The molecule has 2 rings (SSSR count). The summed E-state index contributed by atoms with van der Waals surface area (Å²) in [6.07, 6.45) is 0. The quantitative estimate of drug-likeness (QED) is 0.813. The topological polar surface area (TPSA) is 47.6 Å². The van der Waals surface area contributed by atoms with Crippen molar-refractivity contribution in [1.82, 2.24) is 0 Å². The number of aryl methyl sites for hydroxylation is 3. The molecule has 0 aliphatic carbocycles. The van der Waals surface area contributed by atoms with Crippen LogP contribution in [-0.2, 0) is 4.79 Å². The van der Waals surface area contributed by atoms with Gasteiger partial charge in [0, 0.05) is 16.1 Å². The molecule has 2 aromatic carbocycles. The third-order valence-electron chi connectivity index (χ3n) is 3.53. The van der Waals surface area contributed by atoms with Crippen LogP contribution in [-0.4, -0.2) is 19.6 Å². The second kappa shape index (κ2) is 7.77. The van der Waals surface area contributed by atoms with Gasteiger partial charge in [-0.2, -0.15) is 0 Å². The predicted octanol–water partition coefficient (Wildman–Crippen LogP) is 4.94. The number of halogens is 2. The summed E-state index contributed by atoms with van der Waals surface area (Å²) in [5.41, 5.74) is 3.21. The number of hydrogen-bond donors (Lipinski definition) is 1. The molecule has 0 spiro atoms. The number of hydrogen-bond acceptors (Lipinski definition) is 3. The Hall–Kier alpha value is -1.91. The highest BCUT2D eigenvalue weighted by molar-refractivity contribution is 6.32. The number of carbonyl (C=O) groups excluding carboxylic acids is 1. The summed E-state index contributed by atoms with van der Waals surface area (Å²) in [5.74, 6) is 0.807. The molecule has 1 N–H and O–H groups in total. The van der Waals surface area contributed by atoms with E-state index in [1.54, 1.807) is 24.3 Å². The monoisotopic (exact) mass is 367 g/mol. The maximum absolute atomic E-state index is 12.1. The van der Waals surface area contributed by atoms with Gasteiger partial charge in [0.25, 0.3) is 5.91 Å². The molecule has 0 saturated carbocycles. The maximum Gasteiger partial charge on any atom is 0.262 e. The molecule has 24 heavy (non-hydrogen) atoms. The van der Waals surface area contributed by atoms with Crippen LogP contribution in [0.4, 0.5) is 5.69 Å². The largest absolute Gasteiger partial charge is 0.495 e. The van der Waals surface area contributed by atoms with E-state index in [2.05, 4.69) is 5.32 Å². The Morgan fingerprint density at radius 3 is 2.25 bits per heavy atom. The number of amides is 1. The van der Waals surface area contributed by atoms with E-state index in [0.717, 1.165) is 16.7 Å². The number of carbonyl (C=O) groups is 1. The number of nitrogens with one attached hydrogen (secondary N) is 1. The fourth-order valence-corrected chi connectivity index (χ4v) is 2.52. The minimum atomic E-state index is -0.291. The summed E-state index contributed by atoms with van der Waals surface area (Å²) in [4.78, 5) is 12.1. The minimum Gasteiger partial charge on any atom is -0.495 e. The highest BCUT2D eigenvalue weighted by Gasteiger charge is 2.11. The Kier molecular flexibility index (Phi) is 5.97. The molecule has 0 saturated heterocycles. The van der Waals surface area contributed by atoms with Gasteiger partial charge in [0.15, 0.2) is 6.61 Å². The van der Waals surface area contributed by atoms with Gasteiger partial charge in [-0.05, 0) is 55.7 Å². The summed E-state index contributed by atoms with van der Waals surface area (Å²) in [5, 5.41) is 4.05. The number of rotatable bonds is 5. The van der Waals surface area contributed by atoms with Crippen LogP contribution in [0.5, 0.6) is 11.5 Å². The summed E-state index contributed by atoms with van der Waals surface area (Å²) < 4.78 is 10.8. The first-order valence-electron chi connectivity index (χ1n) is 7.35. The molecule has 0 bridgehead atoms. The van der Waals surface area contributed by atoms with Gasteiger partial charge in [-0.3, -0.25) is 4.79 Å². The standard InChI is InChI=1S/C18H19Cl2NO3/c1-10-7-15(16(23-4)8-14(10)19)21-17(22)9-24-13-5-11(2)18(20)12(3)6-13/h5-8H,9H2,1-4H3,(H,21,22). The highest BCUT2D eigenvalue weighted by Crippen LogP contribution is 2.31. The fraction of sp³-hybridized carbons (Fsp3) is 0.278. The van der Waals surface area contributed by atoms with Crippen LogP contribution >= 0.6 is 23.2 Å².